The number of aromatic nitrogens is 1. The van der Waals surface area contributed by atoms with Crippen molar-refractivity contribution in [3.63, 3.8) is 0 Å². The predicted octanol–water partition coefficient (Wildman–Crippen LogP) is 2.19. The third kappa shape index (κ3) is 7.32. The Hall–Kier alpha value is -3.38. The molecule has 33 heavy (non-hydrogen) atoms. The second-order valence-corrected chi connectivity index (χ2v) is 8.47. The second kappa shape index (κ2) is 11.0. The van der Waals surface area contributed by atoms with Gasteiger partial charge in [-0.3, -0.25) is 0 Å². The molecule has 1 aromatic heterocycles. The molecule has 2 heterocycles. The summed E-state index contributed by atoms with van der Waals surface area (Å²) in [5, 5.41) is 34.9. The van der Waals surface area contributed by atoms with E-state index >= 15 is 0 Å². The summed E-state index contributed by atoms with van der Waals surface area (Å²) in [6, 6.07) is 8.87. The highest BCUT2D eigenvalue weighted by molar-refractivity contribution is 6.08. The number of benzene rings is 1. The van der Waals surface area contributed by atoms with Gasteiger partial charge in [0.15, 0.2) is 11.6 Å². The zero-order valence-corrected chi connectivity index (χ0v) is 18.9. The Morgan fingerprint density at radius 2 is 2.24 bits per heavy atom. The summed E-state index contributed by atoms with van der Waals surface area (Å²) in [4.78, 5) is 4.17. The van der Waals surface area contributed by atoms with Crippen LogP contribution in [-0.4, -0.2) is 46.1 Å². The van der Waals surface area contributed by atoms with Crippen molar-refractivity contribution < 1.29 is 14.9 Å². The first-order valence-electron chi connectivity index (χ1n) is 10.9. The van der Waals surface area contributed by atoms with Crippen LogP contribution >= 0.6 is 0 Å². The van der Waals surface area contributed by atoms with Crippen LogP contribution in [0.25, 0.3) is 5.57 Å². The molecule has 0 amide bonds. The van der Waals surface area contributed by atoms with E-state index in [1.165, 1.54) is 6.21 Å². The van der Waals surface area contributed by atoms with Crippen LogP contribution in [0, 0.1) is 17.3 Å². The van der Waals surface area contributed by atoms with E-state index in [0.29, 0.717) is 28.3 Å². The second-order valence-electron chi connectivity index (χ2n) is 8.47. The first-order valence-corrected chi connectivity index (χ1v) is 10.9. The van der Waals surface area contributed by atoms with Crippen LogP contribution in [0.1, 0.15) is 49.7 Å². The molecular weight excluding hydrogens is 418 g/mol. The summed E-state index contributed by atoms with van der Waals surface area (Å²) in [7, 11) is 0. The summed E-state index contributed by atoms with van der Waals surface area (Å²) < 4.78 is 5.70. The van der Waals surface area contributed by atoms with E-state index in [1.807, 2.05) is 0 Å². The average Bonchev–Trinajstić information content (AvgIpc) is 2.80. The van der Waals surface area contributed by atoms with Crippen molar-refractivity contribution in [1.82, 2.24) is 15.6 Å². The maximum absolute atomic E-state index is 10.6. The molecule has 0 bridgehead atoms. The molecule has 174 valence electrons. The number of nitrogens with zero attached hydrogens (tertiary/aromatic N) is 1. The highest BCUT2D eigenvalue weighted by Crippen LogP contribution is 2.28. The molecule has 1 aliphatic heterocycles. The van der Waals surface area contributed by atoms with Crippen LogP contribution < -0.4 is 21.1 Å². The molecule has 2 unspecified atom stereocenters. The van der Waals surface area contributed by atoms with Crippen molar-refractivity contribution in [2.75, 3.05) is 18.8 Å². The Labute approximate surface area is 194 Å². The van der Waals surface area contributed by atoms with Gasteiger partial charge in [0, 0.05) is 53.5 Å². The van der Waals surface area contributed by atoms with Crippen molar-refractivity contribution in [1.29, 1.82) is 5.41 Å². The van der Waals surface area contributed by atoms with Crippen LogP contribution in [0.3, 0.4) is 0 Å². The monoisotopic (exact) mass is 449 g/mol. The van der Waals surface area contributed by atoms with Gasteiger partial charge in [-0.1, -0.05) is 24.0 Å². The van der Waals surface area contributed by atoms with Gasteiger partial charge in [-0.25, -0.2) is 4.98 Å². The summed E-state index contributed by atoms with van der Waals surface area (Å²) >= 11 is 0. The molecule has 0 spiro atoms. The van der Waals surface area contributed by atoms with Gasteiger partial charge >= 0.3 is 0 Å². The molecule has 3 rings (SSSR count). The zero-order chi connectivity index (χ0) is 23.8. The molecule has 0 radical (unpaired) electrons. The van der Waals surface area contributed by atoms with E-state index in [2.05, 4.69) is 27.5 Å². The number of pyridine rings is 1. The first-order chi connectivity index (χ1) is 15.7. The fraction of sp³-hybridized carbons (Fsp3) is 0.360. The molecule has 8 heteroatoms. The maximum atomic E-state index is 10.6. The van der Waals surface area contributed by atoms with Crippen LogP contribution in [0.5, 0.6) is 5.75 Å². The Balaban J connectivity index is 1.76. The Morgan fingerprint density at radius 1 is 1.42 bits per heavy atom. The van der Waals surface area contributed by atoms with Gasteiger partial charge in [0.05, 0.1) is 0 Å². The largest absolute Gasteiger partial charge is 0.457 e. The fourth-order valence-corrected chi connectivity index (χ4v) is 3.30. The normalized spacial score (nSPS) is 17.5. The van der Waals surface area contributed by atoms with Crippen LogP contribution in [0.15, 0.2) is 42.7 Å². The van der Waals surface area contributed by atoms with Gasteiger partial charge in [0.25, 0.3) is 0 Å². The van der Waals surface area contributed by atoms with Crippen LogP contribution in [0.4, 0.5) is 5.82 Å². The van der Waals surface area contributed by atoms with Gasteiger partial charge < -0.3 is 36.7 Å². The predicted molar refractivity (Wildman–Crippen MR) is 130 cm³/mol. The molecule has 1 saturated heterocycles. The van der Waals surface area contributed by atoms with Gasteiger partial charge in [-0.05, 0) is 51.4 Å². The fourth-order valence-electron chi connectivity index (χ4n) is 3.30. The maximum Gasteiger partial charge on any atom is 0.224 e. The number of nitrogens with two attached hydrogens (primary N) is 1. The highest BCUT2D eigenvalue weighted by Gasteiger charge is 2.15. The zero-order valence-electron chi connectivity index (χ0n) is 18.9. The van der Waals surface area contributed by atoms with Crippen LogP contribution in [-0.2, 0) is 0 Å². The average molecular weight is 450 g/mol. The minimum Gasteiger partial charge on any atom is -0.457 e. The highest BCUT2D eigenvalue weighted by atomic mass is 16.6. The molecule has 2 aromatic rings. The van der Waals surface area contributed by atoms with Crippen molar-refractivity contribution in [2.45, 2.75) is 44.6 Å². The van der Waals surface area contributed by atoms with Gasteiger partial charge in [0.1, 0.15) is 5.60 Å². The summed E-state index contributed by atoms with van der Waals surface area (Å²) in [5.41, 5.74) is 7.24. The van der Waals surface area contributed by atoms with E-state index in [9.17, 15) is 10.2 Å². The number of anilines is 1. The first kappa shape index (κ1) is 24.3. The number of aliphatic hydroxyl groups excluding tert-OH is 1. The summed E-state index contributed by atoms with van der Waals surface area (Å²) in [5.74, 6) is 5.96. The van der Waals surface area contributed by atoms with E-state index in [0.717, 1.165) is 25.9 Å². The Kier molecular flexibility index (Phi) is 8.06. The molecule has 0 saturated carbocycles. The third-order valence-electron chi connectivity index (χ3n) is 5.07. The minimum atomic E-state index is -1.30. The number of hydrogen-bond donors (Lipinski definition) is 6. The topological polar surface area (TPSA) is 137 Å². The van der Waals surface area contributed by atoms with Crippen molar-refractivity contribution in [3.8, 4) is 17.6 Å². The molecule has 1 fully saturated rings. The number of nitrogen functional groups attached to an aromatic ring is 1. The van der Waals surface area contributed by atoms with Crippen molar-refractivity contribution in [2.24, 2.45) is 0 Å². The Bertz CT molecular complexity index is 1060. The number of piperidine rings is 1. The van der Waals surface area contributed by atoms with Crippen molar-refractivity contribution >= 4 is 17.6 Å². The lowest BCUT2D eigenvalue weighted by atomic mass is 10.1. The molecular formula is C25H31N5O3. The lowest BCUT2D eigenvalue weighted by Gasteiger charge is -2.23. The van der Waals surface area contributed by atoms with Gasteiger partial charge in [0.2, 0.25) is 6.29 Å². The minimum absolute atomic E-state index is 0.129. The Morgan fingerprint density at radius 3 is 2.94 bits per heavy atom. The number of allylic oxidation sites excluding steroid dienone is 1. The molecule has 2 atom stereocenters. The number of rotatable bonds is 7. The molecule has 0 aliphatic carbocycles. The molecule has 1 aliphatic rings. The van der Waals surface area contributed by atoms with Gasteiger partial charge in [-0.2, -0.15) is 0 Å². The number of nitrogens with one attached hydrogen (secondary N) is 3. The smallest absolute Gasteiger partial charge is 0.224 e. The molecule has 7 N–H and O–H groups in total. The van der Waals surface area contributed by atoms with Crippen LogP contribution in [0.2, 0.25) is 0 Å². The SMILES string of the molecule is CC(C)(O)C#Cc1cccc(C(O)Oc2cc(/C(C=N)=C/NC3CCCNC3)cnc2N)c1. The van der Waals surface area contributed by atoms with Gasteiger partial charge in [-0.15, -0.1) is 0 Å². The van der Waals surface area contributed by atoms with E-state index in [-0.39, 0.29) is 11.6 Å². The quantitative estimate of drug-likeness (QED) is 0.217. The number of ether oxygens (including phenoxy) is 1. The third-order valence-corrected chi connectivity index (χ3v) is 5.07. The summed E-state index contributed by atoms with van der Waals surface area (Å²) in [6.45, 7) is 5.10. The molecule has 8 nitrogen and oxygen atoms in total. The van der Waals surface area contributed by atoms with E-state index < -0.39 is 11.9 Å². The number of aliphatic hydroxyl groups is 2. The lowest BCUT2D eigenvalue weighted by molar-refractivity contribution is -0.0191. The molecule has 1 aromatic carbocycles. The standard InChI is InChI=1S/C25H31N5O3/c1-25(2,32)9-8-17-5-3-6-18(11-17)24(31)33-22-12-19(14-30-23(22)27)20(13-26)15-29-21-7-4-10-28-16-21/h3,5-6,11-15,21,24,26,28-29,31-32H,4,7,10,16H2,1-2H3,(H2,27,30)/b20-15+,26-13?. The number of hydrogen-bond acceptors (Lipinski definition) is 8. The summed E-state index contributed by atoms with van der Waals surface area (Å²) in [6.07, 6.45) is 5.47. The lowest BCUT2D eigenvalue weighted by Crippen LogP contribution is -2.41. The van der Waals surface area contributed by atoms with E-state index in [4.69, 9.17) is 15.9 Å². The van der Waals surface area contributed by atoms with Crippen molar-refractivity contribution in [3.05, 3.63) is 59.4 Å². The van der Waals surface area contributed by atoms with E-state index in [1.54, 1.807) is 56.6 Å².